The van der Waals surface area contributed by atoms with Crippen LogP contribution in [0, 0.1) is 6.92 Å². The zero-order valence-corrected chi connectivity index (χ0v) is 12.2. The fourth-order valence-corrected chi connectivity index (χ4v) is 2.06. The lowest BCUT2D eigenvalue weighted by molar-refractivity contribution is 0.0915. The van der Waals surface area contributed by atoms with Crippen LogP contribution < -0.4 is 10.1 Å². The number of carbonyl (C=O) groups excluding carboxylic acids is 1. The van der Waals surface area contributed by atoms with Crippen molar-refractivity contribution in [3.05, 3.63) is 65.2 Å². The molecule has 0 spiro atoms. The summed E-state index contributed by atoms with van der Waals surface area (Å²) in [6, 6.07) is 14.5. The number of ether oxygens (including phenoxy) is 1. The van der Waals surface area contributed by atoms with Gasteiger partial charge in [-0.1, -0.05) is 30.3 Å². The Morgan fingerprint density at radius 2 is 1.86 bits per heavy atom. The first-order chi connectivity index (χ1) is 10.1. The van der Waals surface area contributed by atoms with E-state index in [1.807, 2.05) is 25.1 Å². The van der Waals surface area contributed by atoms with Crippen LogP contribution in [0.4, 0.5) is 0 Å². The van der Waals surface area contributed by atoms with Crippen LogP contribution in [0.2, 0.25) is 0 Å². The minimum absolute atomic E-state index is 0.166. The number of aryl methyl sites for hydroxylation is 1. The molecule has 0 saturated heterocycles. The Hall–Kier alpha value is -2.33. The summed E-state index contributed by atoms with van der Waals surface area (Å²) < 4.78 is 5.07. The van der Waals surface area contributed by atoms with E-state index in [2.05, 4.69) is 5.32 Å². The number of aliphatic hydroxyl groups excluding tert-OH is 1. The van der Waals surface area contributed by atoms with Crippen LogP contribution in [0.25, 0.3) is 0 Å². The molecular weight excluding hydrogens is 266 g/mol. The molecule has 4 heteroatoms. The van der Waals surface area contributed by atoms with E-state index in [1.165, 1.54) is 0 Å². The Morgan fingerprint density at radius 3 is 2.48 bits per heavy atom. The van der Waals surface area contributed by atoms with Gasteiger partial charge in [0.25, 0.3) is 5.91 Å². The number of aliphatic hydroxyl groups is 1. The summed E-state index contributed by atoms with van der Waals surface area (Å²) in [4.78, 5) is 12.1. The predicted molar refractivity (Wildman–Crippen MR) is 81.5 cm³/mol. The Bertz CT molecular complexity index is 608. The van der Waals surface area contributed by atoms with Crippen LogP contribution >= 0.6 is 0 Å². The van der Waals surface area contributed by atoms with E-state index < -0.39 is 6.10 Å². The van der Waals surface area contributed by atoms with Crippen molar-refractivity contribution < 1.29 is 14.6 Å². The summed E-state index contributed by atoms with van der Waals surface area (Å²) in [6.07, 6.45) is -0.746. The van der Waals surface area contributed by atoms with Crippen LogP contribution in [0.1, 0.15) is 27.6 Å². The van der Waals surface area contributed by atoms with Crippen molar-refractivity contribution in [1.29, 1.82) is 0 Å². The molecule has 2 N–H and O–H groups in total. The number of carbonyl (C=O) groups is 1. The average Bonchev–Trinajstić information content (AvgIpc) is 2.52. The van der Waals surface area contributed by atoms with E-state index in [4.69, 9.17) is 4.74 Å². The quantitative estimate of drug-likeness (QED) is 0.887. The first-order valence-corrected chi connectivity index (χ1v) is 6.77. The van der Waals surface area contributed by atoms with Gasteiger partial charge in [-0.25, -0.2) is 0 Å². The first kappa shape index (κ1) is 15.1. The molecule has 21 heavy (non-hydrogen) atoms. The van der Waals surface area contributed by atoms with E-state index in [1.54, 1.807) is 37.4 Å². The normalized spacial score (nSPS) is 11.8. The number of amides is 1. The summed E-state index contributed by atoms with van der Waals surface area (Å²) >= 11 is 0. The second kappa shape index (κ2) is 6.90. The molecule has 2 aromatic rings. The maximum Gasteiger partial charge on any atom is 0.251 e. The number of methoxy groups -OCH3 is 1. The zero-order chi connectivity index (χ0) is 15.2. The van der Waals surface area contributed by atoms with Crippen molar-refractivity contribution in [2.45, 2.75) is 13.0 Å². The van der Waals surface area contributed by atoms with Crippen molar-refractivity contribution in [3.63, 3.8) is 0 Å². The highest BCUT2D eigenvalue weighted by molar-refractivity contribution is 5.95. The van der Waals surface area contributed by atoms with Gasteiger partial charge in [0.15, 0.2) is 0 Å². The highest BCUT2D eigenvalue weighted by Crippen LogP contribution is 2.17. The van der Waals surface area contributed by atoms with Crippen LogP contribution in [-0.4, -0.2) is 24.7 Å². The van der Waals surface area contributed by atoms with E-state index in [9.17, 15) is 9.90 Å². The third-order valence-electron chi connectivity index (χ3n) is 3.35. The lowest BCUT2D eigenvalue weighted by Gasteiger charge is -2.13. The highest BCUT2D eigenvalue weighted by atomic mass is 16.5. The molecule has 1 amide bonds. The van der Waals surface area contributed by atoms with Gasteiger partial charge in [0.05, 0.1) is 13.2 Å². The van der Waals surface area contributed by atoms with Crippen molar-refractivity contribution >= 4 is 5.91 Å². The van der Waals surface area contributed by atoms with E-state index >= 15 is 0 Å². The van der Waals surface area contributed by atoms with Gasteiger partial charge in [-0.2, -0.15) is 0 Å². The Balaban J connectivity index is 1.95. The summed E-state index contributed by atoms with van der Waals surface area (Å²) in [5, 5.41) is 12.8. The van der Waals surface area contributed by atoms with Gasteiger partial charge < -0.3 is 15.2 Å². The molecule has 4 nitrogen and oxygen atoms in total. The predicted octanol–water partition coefficient (Wildman–Crippen LogP) is 2.47. The van der Waals surface area contributed by atoms with Crippen molar-refractivity contribution in [1.82, 2.24) is 5.32 Å². The fourth-order valence-electron chi connectivity index (χ4n) is 2.06. The maximum absolute atomic E-state index is 12.1. The zero-order valence-electron chi connectivity index (χ0n) is 12.2. The second-order valence-corrected chi connectivity index (χ2v) is 4.81. The van der Waals surface area contributed by atoms with Crippen molar-refractivity contribution in [2.24, 2.45) is 0 Å². The Morgan fingerprint density at radius 1 is 1.19 bits per heavy atom. The molecule has 1 unspecified atom stereocenters. The molecule has 0 bridgehead atoms. The SMILES string of the molecule is COc1ccc(C(O)CNC(=O)c2ccccc2C)cc1. The minimum Gasteiger partial charge on any atom is -0.497 e. The van der Waals surface area contributed by atoms with Gasteiger partial charge in [-0.3, -0.25) is 4.79 Å². The summed E-state index contributed by atoms with van der Waals surface area (Å²) in [5.41, 5.74) is 2.27. The minimum atomic E-state index is -0.746. The molecule has 0 aromatic heterocycles. The molecule has 1 atom stereocenters. The molecule has 110 valence electrons. The lowest BCUT2D eigenvalue weighted by Crippen LogP contribution is -2.28. The molecule has 0 aliphatic carbocycles. The topological polar surface area (TPSA) is 58.6 Å². The Kier molecular flexibility index (Phi) is 4.95. The molecular formula is C17H19NO3. The Labute approximate surface area is 124 Å². The monoisotopic (exact) mass is 285 g/mol. The van der Waals surface area contributed by atoms with E-state index in [0.29, 0.717) is 5.56 Å². The van der Waals surface area contributed by atoms with Crippen LogP contribution in [0.5, 0.6) is 5.75 Å². The molecule has 0 radical (unpaired) electrons. The maximum atomic E-state index is 12.1. The number of benzene rings is 2. The van der Waals surface area contributed by atoms with Gasteiger partial charge in [0, 0.05) is 12.1 Å². The number of nitrogens with one attached hydrogen (secondary N) is 1. The smallest absolute Gasteiger partial charge is 0.251 e. The third kappa shape index (κ3) is 3.83. The average molecular weight is 285 g/mol. The number of hydrogen-bond donors (Lipinski definition) is 2. The molecule has 2 aromatic carbocycles. The van der Waals surface area contributed by atoms with Gasteiger partial charge in [-0.15, -0.1) is 0 Å². The lowest BCUT2D eigenvalue weighted by atomic mass is 10.1. The third-order valence-corrected chi connectivity index (χ3v) is 3.35. The molecule has 0 aliphatic rings. The van der Waals surface area contributed by atoms with Gasteiger partial charge in [-0.05, 0) is 36.2 Å². The second-order valence-electron chi connectivity index (χ2n) is 4.81. The number of hydrogen-bond acceptors (Lipinski definition) is 3. The number of rotatable bonds is 5. The first-order valence-electron chi connectivity index (χ1n) is 6.77. The van der Waals surface area contributed by atoms with Crippen LogP contribution in [-0.2, 0) is 0 Å². The highest BCUT2D eigenvalue weighted by Gasteiger charge is 2.12. The molecule has 0 saturated carbocycles. The molecule has 0 heterocycles. The van der Waals surface area contributed by atoms with Gasteiger partial charge in [0.2, 0.25) is 0 Å². The molecule has 2 rings (SSSR count). The molecule has 0 fully saturated rings. The molecule has 0 aliphatic heterocycles. The largest absolute Gasteiger partial charge is 0.497 e. The summed E-state index contributed by atoms with van der Waals surface area (Å²) in [6.45, 7) is 2.05. The van der Waals surface area contributed by atoms with Crippen molar-refractivity contribution in [2.75, 3.05) is 13.7 Å². The van der Waals surface area contributed by atoms with Gasteiger partial charge >= 0.3 is 0 Å². The standard InChI is InChI=1S/C17H19NO3/c1-12-5-3-4-6-15(12)17(20)18-11-16(19)13-7-9-14(21-2)10-8-13/h3-10,16,19H,11H2,1-2H3,(H,18,20). The van der Waals surface area contributed by atoms with Gasteiger partial charge in [0.1, 0.15) is 5.75 Å². The van der Waals surface area contributed by atoms with E-state index in [-0.39, 0.29) is 12.5 Å². The van der Waals surface area contributed by atoms with E-state index in [0.717, 1.165) is 16.9 Å². The summed E-state index contributed by atoms with van der Waals surface area (Å²) in [7, 11) is 1.59. The van der Waals surface area contributed by atoms with Crippen molar-refractivity contribution in [3.8, 4) is 5.75 Å². The fraction of sp³-hybridized carbons (Fsp3) is 0.235. The summed E-state index contributed by atoms with van der Waals surface area (Å²) in [5.74, 6) is 0.551. The van der Waals surface area contributed by atoms with Crippen LogP contribution in [0.3, 0.4) is 0 Å². The van der Waals surface area contributed by atoms with Crippen LogP contribution in [0.15, 0.2) is 48.5 Å².